The van der Waals surface area contributed by atoms with E-state index in [1.54, 1.807) is 6.07 Å². The molecule has 0 aliphatic carbocycles. The molecule has 0 unspecified atom stereocenters. The summed E-state index contributed by atoms with van der Waals surface area (Å²) >= 11 is 0. The molecule has 0 atom stereocenters. The van der Waals surface area contributed by atoms with E-state index in [1.165, 1.54) is 0 Å². The summed E-state index contributed by atoms with van der Waals surface area (Å²) in [6.45, 7) is 3.29. The molecule has 118 valence electrons. The van der Waals surface area contributed by atoms with Crippen molar-refractivity contribution >= 4 is 0 Å². The number of fused-ring (bicyclic) bond motifs is 1. The third-order valence-electron chi connectivity index (χ3n) is 3.46. The van der Waals surface area contributed by atoms with E-state index in [4.69, 9.17) is 24.2 Å². The number of rotatable bonds is 6. The Morgan fingerprint density at radius 3 is 2.70 bits per heavy atom. The van der Waals surface area contributed by atoms with Gasteiger partial charge >= 0.3 is 0 Å². The highest BCUT2D eigenvalue weighted by Gasteiger charge is 2.13. The zero-order valence-corrected chi connectivity index (χ0v) is 12.9. The van der Waals surface area contributed by atoms with Gasteiger partial charge in [0.2, 0.25) is 6.79 Å². The monoisotopic (exact) mass is 311 g/mol. The molecule has 1 aliphatic rings. The average molecular weight is 311 g/mol. The minimum atomic E-state index is 0.260. The summed E-state index contributed by atoms with van der Waals surface area (Å²) in [6, 6.07) is 13.0. The fourth-order valence-corrected chi connectivity index (χ4v) is 2.28. The number of benzene rings is 2. The van der Waals surface area contributed by atoms with Crippen LogP contribution in [0.25, 0.3) is 0 Å². The third kappa shape index (κ3) is 3.67. The molecule has 1 heterocycles. The number of ether oxygens (including phenoxy) is 4. The van der Waals surface area contributed by atoms with Crippen LogP contribution in [0.2, 0.25) is 0 Å². The Morgan fingerprint density at radius 2 is 1.87 bits per heavy atom. The van der Waals surface area contributed by atoms with Gasteiger partial charge in [0.1, 0.15) is 11.5 Å². The molecule has 0 N–H and O–H groups in total. The summed E-state index contributed by atoms with van der Waals surface area (Å²) in [7, 11) is 0. The van der Waals surface area contributed by atoms with Crippen molar-refractivity contribution in [1.29, 1.82) is 5.26 Å². The second-order valence-corrected chi connectivity index (χ2v) is 5.16. The number of nitriles is 1. The maximum Gasteiger partial charge on any atom is 0.231 e. The molecule has 1 aliphatic heterocycles. The van der Waals surface area contributed by atoms with Crippen LogP contribution in [0.15, 0.2) is 36.4 Å². The molecule has 0 bridgehead atoms. The van der Waals surface area contributed by atoms with E-state index in [9.17, 15) is 0 Å². The zero-order valence-electron chi connectivity index (χ0n) is 12.9. The Balaban J connectivity index is 1.43. The zero-order chi connectivity index (χ0) is 16.1. The van der Waals surface area contributed by atoms with Gasteiger partial charge in [0.25, 0.3) is 0 Å². The van der Waals surface area contributed by atoms with E-state index in [0.29, 0.717) is 24.5 Å². The van der Waals surface area contributed by atoms with Crippen LogP contribution in [0.4, 0.5) is 0 Å². The van der Waals surface area contributed by atoms with Crippen LogP contribution < -0.4 is 18.9 Å². The molecule has 0 saturated carbocycles. The highest BCUT2D eigenvalue weighted by molar-refractivity contribution is 5.46. The highest BCUT2D eigenvalue weighted by atomic mass is 16.7. The van der Waals surface area contributed by atoms with Crippen molar-refractivity contribution in [3.63, 3.8) is 0 Å². The van der Waals surface area contributed by atoms with Crippen molar-refractivity contribution in [3.05, 3.63) is 47.5 Å². The molecule has 0 fully saturated rings. The van der Waals surface area contributed by atoms with Gasteiger partial charge < -0.3 is 18.9 Å². The van der Waals surface area contributed by atoms with Crippen LogP contribution in [-0.2, 0) is 0 Å². The molecule has 2 aromatic rings. The van der Waals surface area contributed by atoms with Crippen LogP contribution in [-0.4, -0.2) is 20.0 Å². The molecule has 23 heavy (non-hydrogen) atoms. The largest absolute Gasteiger partial charge is 0.493 e. The van der Waals surface area contributed by atoms with Crippen LogP contribution in [0.1, 0.15) is 17.5 Å². The second kappa shape index (κ2) is 6.93. The van der Waals surface area contributed by atoms with E-state index in [0.717, 1.165) is 29.2 Å². The number of nitrogens with zero attached hydrogens (tertiary/aromatic N) is 1. The van der Waals surface area contributed by atoms with E-state index in [-0.39, 0.29) is 6.79 Å². The maximum absolute atomic E-state index is 8.84. The Labute approximate surface area is 135 Å². The first-order chi connectivity index (χ1) is 11.3. The van der Waals surface area contributed by atoms with Gasteiger partial charge in [-0.15, -0.1) is 0 Å². The second-order valence-electron chi connectivity index (χ2n) is 5.16. The molecule has 0 radical (unpaired) electrons. The maximum atomic E-state index is 8.84. The van der Waals surface area contributed by atoms with Crippen LogP contribution in [0, 0.1) is 18.3 Å². The summed E-state index contributed by atoms with van der Waals surface area (Å²) < 4.78 is 22.0. The molecule has 2 aromatic carbocycles. The molecule has 0 amide bonds. The predicted octanol–water partition coefficient (Wildman–Crippen LogP) is 3.44. The lowest BCUT2D eigenvalue weighted by Crippen LogP contribution is -2.05. The highest BCUT2D eigenvalue weighted by Crippen LogP contribution is 2.35. The lowest BCUT2D eigenvalue weighted by Gasteiger charge is -2.10. The van der Waals surface area contributed by atoms with Gasteiger partial charge in [0.15, 0.2) is 11.5 Å². The van der Waals surface area contributed by atoms with Gasteiger partial charge in [0.05, 0.1) is 24.8 Å². The van der Waals surface area contributed by atoms with Crippen molar-refractivity contribution in [2.75, 3.05) is 20.0 Å². The Morgan fingerprint density at radius 1 is 1.04 bits per heavy atom. The van der Waals surface area contributed by atoms with E-state index in [2.05, 4.69) is 6.07 Å². The molecule has 5 heteroatoms. The SMILES string of the molecule is Cc1cc(C#N)ccc1OCCCOc1ccc2c(c1)OCO2. The van der Waals surface area contributed by atoms with Crippen molar-refractivity contribution in [1.82, 2.24) is 0 Å². The quantitative estimate of drug-likeness (QED) is 0.765. The normalized spacial score (nSPS) is 11.8. The summed E-state index contributed by atoms with van der Waals surface area (Å²) in [6.07, 6.45) is 0.758. The summed E-state index contributed by atoms with van der Waals surface area (Å²) in [5.74, 6) is 3.01. The van der Waals surface area contributed by atoms with E-state index >= 15 is 0 Å². The van der Waals surface area contributed by atoms with Crippen molar-refractivity contribution in [2.45, 2.75) is 13.3 Å². The van der Waals surface area contributed by atoms with Gasteiger partial charge in [-0.2, -0.15) is 5.26 Å². The molecule has 0 aromatic heterocycles. The van der Waals surface area contributed by atoms with Gasteiger partial charge in [-0.25, -0.2) is 0 Å². The summed E-state index contributed by atoms with van der Waals surface area (Å²) in [5, 5.41) is 8.84. The molecular weight excluding hydrogens is 294 g/mol. The first-order valence-corrected chi connectivity index (χ1v) is 7.42. The Kier molecular flexibility index (Phi) is 4.53. The number of hydrogen-bond donors (Lipinski definition) is 0. The minimum Gasteiger partial charge on any atom is -0.493 e. The fraction of sp³-hybridized carbons (Fsp3) is 0.278. The van der Waals surface area contributed by atoms with Crippen molar-refractivity contribution in [2.24, 2.45) is 0 Å². The summed E-state index contributed by atoms with van der Waals surface area (Å²) in [4.78, 5) is 0. The topological polar surface area (TPSA) is 60.7 Å². The van der Waals surface area contributed by atoms with E-state index < -0.39 is 0 Å². The number of hydrogen-bond acceptors (Lipinski definition) is 5. The van der Waals surface area contributed by atoms with Crippen molar-refractivity contribution in [3.8, 4) is 29.1 Å². The third-order valence-corrected chi connectivity index (χ3v) is 3.46. The van der Waals surface area contributed by atoms with Gasteiger partial charge in [-0.05, 0) is 42.8 Å². The number of aryl methyl sites for hydroxylation is 1. The first-order valence-electron chi connectivity index (χ1n) is 7.42. The molecule has 0 spiro atoms. The minimum absolute atomic E-state index is 0.260. The summed E-state index contributed by atoms with van der Waals surface area (Å²) in [5.41, 5.74) is 1.60. The lowest BCUT2D eigenvalue weighted by molar-refractivity contribution is 0.173. The van der Waals surface area contributed by atoms with Gasteiger partial charge in [0, 0.05) is 12.5 Å². The van der Waals surface area contributed by atoms with Crippen LogP contribution in [0.5, 0.6) is 23.0 Å². The Hall–Kier alpha value is -2.87. The smallest absolute Gasteiger partial charge is 0.231 e. The predicted molar refractivity (Wildman–Crippen MR) is 84.1 cm³/mol. The lowest BCUT2D eigenvalue weighted by atomic mass is 10.1. The molecule has 5 nitrogen and oxygen atoms in total. The first kappa shape index (κ1) is 15.0. The molecule has 0 saturated heterocycles. The van der Waals surface area contributed by atoms with Crippen molar-refractivity contribution < 1.29 is 18.9 Å². The molecular formula is C18H17NO4. The standard InChI is InChI=1S/C18H17NO4/c1-13-9-14(11-19)3-5-16(13)21-8-2-7-20-15-4-6-17-18(10-15)23-12-22-17/h3-6,9-10H,2,7-8,12H2,1H3. The van der Waals surface area contributed by atoms with E-state index in [1.807, 2.05) is 37.3 Å². The average Bonchev–Trinajstić information content (AvgIpc) is 3.03. The van der Waals surface area contributed by atoms with Gasteiger partial charge in [-0.1, -0.05) is 0 Å². The van der Waals surface area contributed by atoms with Gasteiger partial charge in [-0.3, -0.25) is 0 Å². The van der Waals surface area contributed by atoms with Crippen LogP contribution in [0.3, 0.4) is 0 Å². The molecule has 3 rings (SSSR count). The fourth-order valence-electron chi connectivity index (χ4n) is 2.28. The Bertz CT molecular complexity index is 736. The van der Waals surface area contributed by atoms with Crippen LogP contribution >= 0.6 is 0 Å².